The topological polar surface area (TPSA) is 59.6 Å². The third kappa shape index (κ3) is 4.89. The van der Waals surface area contributed by atoms with Crippen molar-refractivity contribution >= 4 is 27.7 Å². The van der Waals surface area contributed by atoms with Gasteiger partial charge in [-0.2, -0.15) is 0 Å². The van der Waals surface area contributed by atoms with Gasteiger partial charge in [-0.3, -0.25) is 0 Å². The number of methoxy groups -OCH3 is 1. The number of hydrogen-bond donors (Lipinski definition) is 2. The van der Waals surface area contributed by atoms with Crippen molar-refractivity contribution in [2.24, 2.45) is 0 Å². The Morgan fingerprint density at radius 3 is 2.64 bits per heavy atom. The first-order valence-corrected chi connectivity index (χ1v) is 9.00. The zero-order valence-corrected chi connectivity index (χ0v) is 15.6. The summed E-state index contributed by atoms with van der Waals surface area (Å²) < 4.78 is 11.6. The second-order valence-electron chi connectivity index (χ2n) is 6.06. The minimum atomic E-state index is -0.368. The highest BCUT2D eigenvalue weighted by Gasteiger charge is 2.31. The van der Waals surface area contributed by atoms with Crippen LogP contribution in [0.25, 0.3) is 0 Å². The third-order valence-electron chi connectivity index (χ3n) is 4.19. The quantitative estimate of drug-likeness (QED) is 0.751. The summed E-state index contributed by atoms with van der Waals surface area (Å²) in [6.07, 6.45) is 1.35. The van der Waals surface area contributed by atoms with E-state index in [1.807, 2.05) is 48.5 Å². The molecule has 25 heavy (non-hydrogen) atoms. The van der Waals surface area contributed by atoms with E-state index in [9.17, 15) is 4.79 Å². The van der Waals surface area contributed by atoms with Gasteiger partial charge in [-0.05, 0) is 36.6 Å². The van der Waals surface area contributed by atoms with Crippen LogP contribution >= 0.6 is 15.9 Å². The molecular formula is C19H21BrN2O3. The lowest BCUT2D eigenvalue weighted by Crippen LogP contribution is -2.49. The lowest BCUT2D eigenvalue weighted by molar-refractivity contribution is 0.129. The van der Waals surface area contributed by atoms with Crippen LogP contribution in [0.1, 0.15) is 18.4 Å². The third-order valence-corrected chi connectivity index (χ3v) is 4.69. The Bertz CT molecular complexity index is 718. The maximum atomic E-state index is 11.8. The second-order valence-corrected chi connectivity index (χ2v) is 6.98. The molecule has 1 aliphatic rings. The molecule has 0 atom stereocenters. The number of hydrogen-bond acceptors (Lipinski definition) is 4. The number of anilines is 1. The lowest BCUT2D eigenvalue weighted by atomic mass is 9.86. The van der Waals surface area contributed by atoms with Gasteiger partial charge < -0.3 is 20.1 Å². The van der Waals surface area contributed by atoms with Gasteiger partial charge in [0, 0.05) is 16.6 Å². The van der Waals surface area contributed by atoms with Crippen LogP contribution < -0.4 is 15.4 Å². The Morgan fingerprint density at radius 2 is 1.92 bits per heavy atom. The lowest BCUT2D eigenvalue weighted by Gasteiger charge is -2.36. The van der Waals surface area contributed by atoms with Crippen molar-refractivity contribution in [3.63, 3.8) is 0 Å². The standard InChI is InChI=1S/C19H21BrN2O3/c1-24-18-8-7-14(20)9-17(18)21-15-10-16(11-15)22-19(23)25-12-13-5-3-2-4-6-13/h2-9,15-16,21H,10-12H2,1H3,(H,22,23). The number of carbonyl (C=O) groups is 1. The first-order valence-electron chi connectivity index (χ1n) is 8.21. The van der Waals surface area contributed by atoms with E-state index in [1.165, 1.54) is 0 Å². The van der Waals surface area contributed by atoms with Crippen molar-refractivity contribution in [1.82, 2.24) is 5.32 Å². The van der Waals surface area contributed by atoms with Gasteiger partial charge in [-0.15, -0.1) is 0 Å². The summed E-state index contributed by atoms with van der Waals surface area (Å²) in [7, 11) is 1.66. The summed E-state index contributed by atoms with van der Waals surface area (Å²) in [6.45, 7) is 0.288. The minimum Gasteiger partial charge on any atom is -0.495 e. The van der Waals surface area contributed by atoms with Crippen LogP contribution in [0.15, 0.2) is 53.0 Å². The summed E-state index contributed by atoms with van der Waals surface area (Å²) in [4.78, 5) is 11.8. The number of nitrogens with one attached hydrogen (secondary N) is 2. The number of benzene rings is 2. The first-order chi connectivity index (χ1) is 12.1. The van der Waals surface area contributed by atoms with Crippen molar-refractivity contribution in [3.8, 4) is 5.75 Å². The monoisotopic (exact) mass is 404 g/mol. The molecule has 3 rings (SSSR count). The molecule has 2 aromatic carbocycles. The molecule has 2 N–H and O–H groups in total. The molecule has 0 saturated heterocycles. The molecule has 132 valence electrons. The predicted octanol–water partition coefficient (Wildman–Crippen LogP) is 4.33. The van der Waals surface area contributed by atoms with Gasteiger partial charge in [0.25, 0.3) is 0 Å². The number of halogens is 1. The van der Waals surface area contributed by atoms with E-state index >= 15 is 0 Å². The minimum absolute atomic E-state index is 0.138. The fourth-order valence-electron chi connectivity index (χ4n) is 2.80. The van der Waals surface area contributed by atoms with E-state index in [0.717, 1.165) is 34.3 Å². The normalized spacial score (nSPS) is 18.8. The van der Waals surface area contributed by atoms with E-state index < -0.39 is 0 Å². The SMILES string of the molecule is COc1ccc(Br)cc1NC1CC(NC(=O)OCc2ccccc2)C1. The van der Waals surface area contributed by atoms with Gasteiger partial charge in [-0.1, -0.05) is 46.3 Å². The van der Waals surface area contributed by atoms with E-state index in [4.69, 9.17) is 9.47 Å². The summed E-state index contributed by atoms with van der Waals surface area (Å²) in [6, 6.07) is 16.0. The molecule has 0 heterocycles. The highest BCUT2D eigenvalue weighted by molar-refractivity contribution is 9.10. The number of ether oxygens (including phenoxy) is 2. The van der Waals surface area contributed by atoms with E-state index in [0.29, 0.717) is 6.04 Å². The van der Waals surface area contributed by atoms with Crippen LogP contribution in [-0.2, 0) is 11.3 Å². The molecule has 1 amide bonds. The van der Waals surface area contributed by atoms with Gasteiger partial charge in [0.05, 0.1) is 12.8 Å². The average molecular weight is 405 g/mol. The molecule has 0 unspecified atom stereocenters. The molecule has 0 bridgehead atoms. The van der Waals surface area contributed by atoms with Crippen LogP contribution in [-0.4, -0.2) is 25.3 Å². The average Bonchev–Trinajstić information content (AvgIpc) is 2.59. The Balaban J connectivity index is 1.41. The summed E-state index contributed by atoms with van der Waals surface area (Å²) >= 11 is 3.47. The van der Waals surface area contributed by atoms with Crippen LogP contribution in [0.4, 0.5) is 10.5 Å². The van der Waals surface area contributed by atoms with Crippen LogP contribution in [0.2, 0.25) is 0 Å². The number of alkyl carbamates (subject to hydrolysis) is 1. The Hall–Kier alpha value is -2.21. The molecule has 0 radical (unpaired) electrons. The molecule has 2 aromatic rings. The Labute approximate surface area is 155 Å². The molecule has 0 aromatic heterocycles. The van der Waals surface area contributed by atoms with E-state index in [1.54, 1.807) is 7.11 Å². The largest absolute Gasteiger partial charge is 0.495 e. The molecule has 1 saturated carbocycles. The molecule has 1 aliphatic carbocycles. The van der Waals surface area contributed by atoms with Crippen molar-refractivity contribution in [1.29, 1.82) is 0 Å². The Kier molecular flexibility index (Phi) is 5.81. The van der Waals surface area contributed by atoms with Gasteiger partial charge in [0.15, 0.2) is 0 Å². The highest BCUT2D eigenvalue weighted by atomic mass is 79.9. The van der Waals surface area contributed by atoms with Crippen molar-refractivity contribution < 1.29 is 14.3 Å². The summed E-state index contributed by atoms with van der Waals surface area (Å²) in [5.74, 6) is 0.807. The molecular weight excluding hydrogens is 384 g/mol. The number of carbonyl (C=O) groups excluding carboxylic acids is 1. The second kappa shape index (κ2) is 8.25. The zero-order chi connectivity index (χ0) is 17.6. The molecule has 1 fully saturated rings. The van der Waals surface area contributed by atoms with Gasteiger partial charge in [-0.25, -0.2) is 4.79 Å². The zero-order valence-electron chi connectivity index (χ0n) is 14.0. The molecule has 0 aliphatic heterocycles. The maximum absolute atomic E-state index is 11.8. The van der Waals surface area contributed by atoms with Crippen LogP contribution in [0, 0.1) is 0 Å². The van der Waals surface area contributed by atoms with Gasteiger partial charge >= 0.3 is 6.09 Å². The fourth-order valence-corrected chi connectivity index (χ4v) is 3.16. The smallest absolute Gasteiger partial charge is 0.407 e. The van der Waals surface area contributed by atoms with Crippen molar-refractivity contribution in [2.75, 3.05) is 12.4 Å². The van der Waals surface area contributed by atoms with E-state index in [2.05, 4.69) is 26.6 Å². The molecule has 6 heteroatoms. The number of amides is 1. The maximum Gasteiger partial charge on any atom is 0.407 e. The molecule has 5 nitrogen and oxygen atoms in total. The van der Waals surface area contributed by atoms with Crippen molar-refractivity contribution in [2.45, 2.75) is 31.5 Å². The predicted molar refractivity (Wildman–Crippen MR) is 101 cm³/mol. The fraction of sp³-hybridized carbons (Fsp3) is 0.316. The van der Waals surface area contributed by atoms with Crippen LogP contribution in [0.3, 0.4) is 0 Å². The number of rotatable bonds is 6. The van der Waals surface area contributed by atoms with Crippen LogP contribution in [0.5, 0.6) is 5.75 Å². The molecule has 0 spiro atoms. The summed E-state index contributed by atoms with van der Waals surface area (Å²) in [5, 5.41) is 6.35. The van der Waals surface area contributed by atoms with E-state index in [-0.39, 0.29) is 18.7 Å². The first kappa shape index (κ1) is 17.6. The van der Waals surface area contributed by atoms with Gasteiger partial charge in [0.2, 0.25) is 0 Å². The van der Waals surface area contributed by atoms with Crippen molar-refractivity contribution in [3.05, 3.63) is 58.6 Å². The Morgan fingerprint density at radius 1 is 1.16 bits per heavy atom. The van der Waals surface area contributed by atoms with Gasteiger partial charge in [0.1, 0.15) is 12.4 Å². The highest BCUT2D eigenvalue weighted by Crippen LogP contribution is 2.32. The summed E-state index contributed by atoms with van der Waals surface area (Å²) in [5.41, 5.74) is 1.93.